The van der Waals surface area contributed by atoms with E-state index in [1.54, 1.807) is 6.07 Å². The summed E-state index contributed by atoms with van der Waals surface area (Å²) in [6.07, 6.45) is 0. The Hall–Kier alpha value is -3.34. The van der Waals surface area contributed by atoms with Crippen molar-refractivity contribution in [2.45, 2.75) is 0 Å². The summed E-state index contributed by atoms with van der Waals surface area (Å²) in [5.41, 5.74) is -0.508. The topological polar surface area (TPSA) is 85.1 Å². The lowest BCUT2D eigenvalue weighted by Crippen LogP contribution is -2.16. The van der Waals surface area contributed by atoms with Gasteiger partial charge in [-0.25, -0.2) is 22.5 Å². The molecule has 11 heteroatoms. The smallest absolute Gasteiger partial charge is 0.270 e. The Bertz CT molecular complexity index is 1070. The zero-order chi connectivity index (χ0) is 19.7. The summed E-state index contributed by atoms with van der Waals surface area (Å²) in [5.74, 6) is -8.90. The fourth-order valence-corrected chi connectivity index (χ4v) is 2.86. The van der Waals surface area contributed by atoms with Crippen LogP contribution in [0.15, 0.2) is 35.7 Å². The zero-order valence-corrected chi connectivity index (χ0v) is 13.8. The van der Waals surface area contributed by atoms with E-state index in [0.717, 1.165) is 11.3 Å². The molecule has 1 N–H and O–H groups in total. The number of nitro groups is 1. The van der Waals surface area contributed by atoms with Gasteiger partial charge in [0.05, 0.1) is 16.2 Å². The van der Waals surface area contributed by atoms with Crippen LogP contribution in [0.1, 0.15) is 10.4 Å². The van der Waals surface area contributed by atoms with Gasteiger partial charge in [-0.3, -0.25) is 20.2 Å². The summed E-state index contributed by atoms with van der Waals surface area (Å²) in [7, 11) is 0. The first-order chi connectivity index (χ1) is 12.8. The van der Waals surface area contributed by atoms with Crippen LogP contribution in [-0.2, 0) is 0 Å². The van der Waals surface area contributed by atoms with Crippen molar-refractivity contribution in [3.63, 3.8) is 0 Å². The van der Waals surface area contributed by atoms with Crippen molar-refractivity contribution in [2.24, 2.45) is 0 Å². The Morgan fingerprint density at radius 2 is 1.85 bits per heavy atom. The number of carbonyl (C=O) groups excluding carboxylic acids is 1. The number of nitro benzene ring substituents is 1. The van der Waals surface area contributed by atoms with Crippen LogP contribution in [0.2, 0.25) is 0 Å². The molecule has 2 aromatic carbocycles. The highest BCUT2D eigenvalue weighted by atomic mass is 32.1. The van der Waals surface area contributed by atoms with Gasteiger partial charge in [0.2, 0.25) is 0 Å². The molecule has 0 fully saturated rings. The maximum atomic E-state index is 13.7. The molecule has 3 aromatic rings. The lowest BCUT2D eigenvalue weighted by Gasteiger charge is -2.05. The number of benzene rings is 2. The Morgan fingerprint density at radius 3 is 2.56 bits per heavy atom. The molecule has 0 saturated heterocycles. The van der Waals surface area contributed by atoms with Crippen molar-refractivity contribution in [1.29, 1.82) is 0 Å². The largest absolute Gasteiger partial charge is 0.298 e. The lowest BCUT2D eigenvalue weighted by atomic mass is 10.1. The third-order valence-corrected chi connectivity index (χ3v) is 4.18. The summed E-state index contributed by atoms with van der Waals surface area (Å²) in [4.78, 5) is 26.3. The van der Waals surface area contributed by atoms with Gasteiger partial charge in [0, 0.05) is 23.1 Å². The number of hydrogen-bond acceptors (Lipinski definition) is 5. The van der Waals surface area contributed by atoms with Gasteiger partial charge in [-0.1, -0.05) is 12.1 Å². The van der Waals surface area contributed by atoms with Crippen LogP contribution in [0.4, 0.5) is 28.4 Å². The average Bonchev–Trinajstić information content (AvgIpc) is 3.11. The molecule has 0 aliphatic heterocycles. The Morgan fingerprint density at radius 1 is 1.11 bits per heavy atom. The van der Waals surface area contributed by atoms with Crippen LogP contribution in [0, 0.1) is 33.4 Å². The van der Waals surface area contributed by atoms with Crippen LogP contribution < -0.4 is 5.32 Å². The number of anilines is 1. The molecule has 1 heterocycles. The number of carbonyl (C=O) groups is 1. The van der Waals surface area contributed by atoms with Gasteiger partial charge in [-0.05, 0) is 6.07 Å². The number of non-ortho nitro benzene ring substituents is 1. The van der Waals surface area contributed by atoms with E-state index >= 15 is 0 Å². The van der Waals surface area contributed by atoms with Crippen LogP contribution >= 0.6 is 11.3 Å². The highest BCUT2D eigenvalue weighted by molar-refractivity contribution is 7.14. The number of halogens is 4. The van der Waals surface area contributed by atoms with Crippen molar-refractivity contribution in [3.05, 3.63) is 74.7 Å². The Labute approximate surface area is 152 Å². The molecule has 0 atom stereocenters. The van der Waals surface area contributed by atoms with Crippen LogP contribution in [0.3, 0.4) is 0 Å². The van der Waals surface area contributed by atoms with Crippen molar-refractivity contribution >= 4 is 28.1 Å². The van der Waals surface area contributed by atoms with E-state index < -0.39 is 39.7 Å². The minimum absolute atomic E-state index is 0.0500. The normalized spacial score (nSPS) is 10.7. The standard InChI is InChI=1S/C16H7F4N3O3S/c17-10-5-9(12(18)14(20)13(10)19)15(24)22-16-21-11(6-27-16)7-2-1-3-8(4-7)23(25)26/h1-6H,(H,21,22,24). The van der Waals surface area contributed by atoms with Crippen molar-refractivity contribution in [1.82, 2.24) is 4.98 Å². The van der Waals surface area contributed by atoms with E-state index in [1.165, 1.54) is 23.6 Å². The predicted octanol–water partition coefficient (Wildman–Crippen LogP) is 4.53. The summed E-state index contributed by atoms with van der Waals surface area (Å²) < 4.78 is 53.1. The molecule has 138 valence electrons. The monoisotopic (exact) mass is 397 g/mol. The SMILES string of the molecule is O=C(Nc1nc(-c2cccc([N+](=O)[O-])c2)cs1)c1cc(F)c(F)c(F)c1F. The third kappa shape index (κ3) is 3.62. The lowest BCUT2D eigenvalue weighted by molar-refractivity contribution is -0.384. The van der Waals surface area contributed by atoms with E-state index in [4.69, 9.17) is 0 Å². The molecule has 6 nitrogen and oxygen atoms in total. The number of thiazole rings is 1. The van der Waals surface area contributed by atoms with Gasteiger partial charge in [0.25, 0.3) is 11.6 Å². The number of amides is 1. The predicted molar refractivity (Wildman–Crippen MR) is 88.4 cm³/mol. The average molecular weight is 397 g/mol. The summed E-state index contributed by atoms with van der Waals surface area (Å²) in [6.45, 7) is 0. The van der Waals surface area contributed by atoms with Gasteiger partial charge in [-0.15, -0.1) is 11.3 Å². The van der Waals surface area contributed by atoms with E-state index in [-0.39, 0.29) is 22.6 Å². The molecular weight excluding hydrogens is 390 g/mol. The van der Waals surface area contributed by atoms with Gasteiger partial charge < -0.3 is 0 Å². The number of nitrogens with one attached hydrogen (secondary N) is 1. The molecule has 0 aliphatic carbocycles. The highest BCUT2D eigenvalue weighted by Gasteiger charge is 2.23. The number of aromatic nitrogens is 1. The Kier molecular flexibility index (Phi) is 4.86. The van der Waals surface area contributed by atoms with E-state index in [9.17, 15) is 32.5 Å². The molecule has 27 heavy (non-hydrogen) atoms. The van der Waals surface area contributed by atoms with Crippen LogP contribution in [0.25, 0.3) is 11.3 Å². The highest BCUT2D eigenvalue weighted by Crippen LogP contribution is 2.28. The minimum Gasteiger partial charge on any atom is -0.298 e. The van der Waals surface area contributed by atoms with E-state index in [1.807, 2.05) is 0 Å². The summed E-state index contributed by atoms with van der Waals surface area (Å²) >= 11 is 0.902. The van der Waals surface area contributed by atoms with Gasteiger partial charge in [0.1, 0.15) is 0 Å². The second kappa shape index (κ2) is 7.11. The van der Waals surface area contributed by atoms with Crippen molar-refractivity contribution < 1.29 is 27.3 Å². The van der Waals surface area contributed by atoms with Gasteiger partial charge in [-0.2, -0.15) is 0 Å². The maximum Gasteiger partial charge on any atom is 0.270 e. The van der Waals surface area contributed by atoms with Crippen LogP contribution in [-0.4, -0.2) is 15.8 Å². The minimum atomic E-state index is -2.10. The molecule has 0 unspecified atom stereocenters. The van der Waals surface area contributed by atoms with Crippen molar-refractivity contribution in [2.75, 3.05) is 5.32 Å². The summed E-state index contributed by atoms with van der Waals surface area (Å²) in [6, 6.07) is 5.80. The zero-order valence-electron chi connectivity index (χ0n) is 13.0. The molecular formula is C16H7F4N3O3S. The molecule has 0 aliphatic rings. The van der Waals surface area contributed by atoms with E-state index in [2.05, 4.69) is 10.3 Å². The molecule has 1 aromatic heterocycles. The van der Waals surface area contributed by atoms with Crippen LogP contribution in [0.5, 0.6) is 0 Å². The van der Waals surface area contributed by atoms with Crippen molar-refractivity contribution in [3.8, 4) is 11.3 Å². The quantitative estimate of drug-likeness (QED) is 0.231. The van der Waals surface area contributed by atoms with Gasteiger partial charge in [0.15, 0.2) is 28.4 Å². The van der Waals surface area contributed by atoms with Gasteiger partial charge >= 0.3 is 0 Å². The first kappa shape index (κ1) is 18.5. The number of rotatable bonds is 4. The fraction of sp³-hybridized carbons (Fsp3) is 0. The number of hydrogen-bond donors (Lipinski definition) is 1. The number of nitrogens with zero attached hydrogens (tertiary/aromatic N) is 2. The summed E-state index contributed by atoms with van der Waals surface area (Å²) in [5, 5.41) is 14.4. The fourth-order valence-electron chi connectivity index (χ4n) is 2.15. The molecule has 0 spiro atoms. The molecule has 0 bridgehead atoms. The third-order valence-electron chi connectivity index (χ3n) is 3.42. The first-order valence-corrected chi connectivity index (χ1v) is 8.00. The molecule has 0 radical (unpaired) electrons. The maximum absolute atomic E-state index is 13.7. The molecule has 3 rings (SSSR count). The second-order valence-corrected chi connectivity index (χ2v) is 6.01. The molecule has 1 amide bonds. The van der Waals surface area contributed by atoms with E-state index in [0.29, 0.717) is 5.56 Å². The Balaban J connectivity index is 1.85. The first-order valence-electron chi connectivity index (χ1n) is 7.12. The molecule has 0 saturated carbocycles. The second-order valence-electron chi connectivity index (χ2n) is 5.15.